The Balaban J connectivity index is 1.82. The Morgan fingerprint density at radius 2 is 1.75 bits per heavy atom. The van der Waals surface area contributed by atoms with E-state index in [0.29, 0.717) is 23.5 Å². The first kappa shape index (κ1) is 18.0. The molecule has 0 bridgehead atoms. The van der Waals surface area contributed by atoms with Gasteiger partial charge in [-0.1, -0.05) is 30.3 Å². The van der Waals surface area contributed by atoms with Crippen molar-refractivity contribution in [3.05, 3.63) is 60.2 Å². The third kappa shape index (κ3) is 5.70. The van der Waals surface area contributed by atoms with Crippen molar-refractivity contribution in [2.24, 2.45) is 0 Å². The molecule has 0 fully saturated rings. The Kier molecular flexibility index (Phi) is 6.37. The van der Waals surface area contributed by atoms with E-state index in [4.69, 9.17) is 9.84 Å². The first-order chi connectivity index (χ1) is 11.5. The highest BCUT2D eigenvalue weighted by Crippen LogP contribution is 2.17. The van der Waals surface area contributed by atoms with E-state index >= 15 is 0 Å². The summed E-state index contributed by atoms with van der Waals surface area (Å²) in [7, 11) is -3.23. The molecule has 0 radical (unpaired) electrons. The number of hydrogen-bond donors (Lipinski definition) is 1. The van der Waals surface area contributed by atoms with Gasteiger partial charge in [-0.05, 0) is 49.1 Å². The fraction of sp³-hybridized carbons (Fsp3) is 0.278. The number of carboxylic acid groups (broad SMARTS) is 1. The highest BCUT2D eigenvalue weighted by Gasteiger charge is 2.13. The summed E-state index contributed by atoms with van der Waals surface area (Å²) in [5.74, 6) is -0.398. The van der Waals surface area contributed by atoms with E-state index in [1.165, 1.54) is 0 Å². The highest BCUT2D eigenvalue weighted by atomic mass is 32.2. The van der Waals surface area contributed by atoms with E-state index in [1.807, 2.05) is 6.07 Å². The topological polar surface area (TPSA) is 80.7 Å². The maximum absolute atomic E-state index is 12.2. The number of carboxylic acids is 1. The van der Waals surface area contributed by atoms with E-state index in [1.54, 1.807) is 48.5 Å². The van der Waals surface area contributed by atoms with E-state index in [2.05, 4.69) is 0 Å². The van der Waals surface area contributed by atoms with Gasteiger partial charge in [0.2, 0.25) is 0 Å². The fourth-order valence-electron chi connectivity index (χ4n) is 2.30. The number of sulfone groups is 1. The number of ether oxygens (including phenoxy) is 1. The molecular formula is C18H20O5S. The fourth-order valence-corrected chi connectivity index (χ4v) is 3.69. The number of aliphatic carboxylic acids is 1. The summed E-state index contributed by atoms with van der Waals surface area (Å²) in [6, 6.07) is 15.6. The third-order valence-electron chi connectivity index (χ3n) is 3.49. The van der Waals surface area contributed by atoms with Crippen LogP contribution in [-0.2, 0) is 21.1 Å². The molecule has 128 valence electrons. The van der Waals surface area contributed by atoms with Gasteiger partial charge >= 0.3 is 5.97 Å². The summed E-state index contributed by atoms with van der Waals surface area (Å²) in [4.78, 5) is 10.9. The van der Waals surface area contributed by atoms with E-state index in [0.717, 1.165) is 12.0 Å². The SMILES string of the molecule is O=C(O)COc1cccc(CCCCS(=O)(=O)c2ccccc2)c1. The molecule has 5 nitrogen and oxygen atoms in total. The van der Waals surface area contributed by atoms with Crippen LogP contribution in [0.4, 0.5) is 0 Å². The highest BCUT2D eigenvalue weighted by molar-refractivity contribution is 7.91. The molecule has 0 unspecified atom stereocenters. The molecule has 2 aromatic rings. The Labute approximate surface area is 141 Å². The predicted molar refractivity (Wildman–Crippen MR) is 91.0 cm³/mol. The summed E-state index contributed by atoms with van der Waals surface area (Å²) in [5.41, 5.74) is 0.995. The van der Waals surface area contributed by atoms with Gasteiger partial charge in [-0.3, -0.25) is 0 Å². The van der Waals surface area contributed by atoms with Crippen LogP contribution in [-0.4, -0.2) is 31.9 Å². The Hall–Kier alpha value is -2.34. The van der Waals surface area contributed by atoms with Gasteiger partial charge in [-0.2, -0.15) is 0 Å². The molecule has 0 amide bonds. The van der Waals surface area contributed by atoms with Crippen molar-refractivity contribution < 1.29 is 23.1 Å². The minimum Gasteiger partial charge on any atom is -0.482 e. The molecule has 2 aromatic carbocycles. The second-order valence-electron chi connectivity index (χ2n) is 5.42. The molecule has 0 aliphatic carbocycles. The molecule has 0 saturated heterocycles. The number of hydrogen-bond acceptors (Lipinski definition) is 4. The van der Waals surface area contributed by atoms with Crippen molar-refractivity contribution in [1.82, 2.24) is 0 Å². The van der Waals surface area contributed by atoms with Gasteiger partial charge in [0.1, 0.15) is 5.75 Å². The smallest absolute Gasteiger partial charge is 0.341 e. The second-order valence-corrected chi connectivity index (χ2v) is 7.53. The van der Waals surface area contributed by atoms with Gasteiger partial charge in [-0.25, -0.2) is 13.2 Å². The second kappa shape index (κ2) is 8.49. The summed E-state index contributed by atoms with van der Waals surface area (Å²) < 4.78 is 29.5. The average Bonchev–Trinajstić information content (AvgIpc) is 2.58. The third-order valence-corrected chi connectivity index (χ3v) is 5.31. The largest absolute Gasteiger partial charge is 0.482 e. The first-order valence-corrected chi connectivity index (χ1v) is 9.34. The zero-order valence-corrected chi connectivity index (χ0v) is 14.0. The lowest BCUT2D eigenvalue weighted by atomic mass is 10.1. The Morgan fingerprint density at radius 1 is 1.00 bits per heavy atom. The lowest BCUT2D eigenvalue weighted by molar-refractivity contribution is -0.139. The van der Waals surface area contributed by atoms with Crippen molar-refractivity contribution in [1.29, 1.82) is 0 Å². The Morgan fingerprint density at radius 3 is 2.46 bits per heavy atom. The van der Waals surface area contributed by atoms with Crippen LogP contribution in [0.25, 0.3) is 0 Å². The summed E-state index contributed by atoms with van der Waals surface area (Å²) >= 11 is 0. The van der Waals surface area contributed by atoms with Crippen LogP contribution in [0.1, 0.15) is 18.4 Å². The van der Waals surface area contributed by atoms with Crippen LogP contribution in [0.3, 0.4) is 0 Å². The van der Waals surface area contributed by atoms with E-state index in [9.17, 15) is 13.2 Å². The number of aryl methyl sites for hydroxylation is 1. The molecule has 2 rings (SSSR count). The van der Waals surface area contributed by atoms with Crippen molar-refractivity contribution in [3.8, 4) is 5.75 Å². The quantitative estimate of drug-likeness (QED) is 0.705. The van der Waals surface area contributed by atoms with Crippen molar-refractivity contribution >= 4 is 15.8 Å². The number of unbranched alkanes of at least 4 members (excludes halogenated alkanes) is 1. The molecule has 0 saturated carbocycles. The molecule has 24 heavy (non-hydrogen) atoms. The zero-order valence-electron chi connectivity index (χ0n) is 13.2. The molecule has 6 heteroatoms. The molecule has 0 aliphatic rings. The average molecular weight is 348 g/mol. The normalized spacial score (nSPS) is 11.2. The van der Waals surface area contributed by atoms with Crippen LogP contribution >= 0.6 is 0 Å². The number of benzene rings is 2. The maximum atomic E-state index is 12.2. The van der Waals surface area contributed by atoms with Gasteiger partial charge in [0, 0.05) is 0 Å². The molecule has 0 aromatic heterocycles. The first-order valence-electron chi connectivity index (χ1n) is 7.69. The van der Waals surface area contributed by atoms with Crippen LogP contribution in [0, 0.1) is 0 Å². The van der Waals surface area contributed by atoms with E-state index < -0.39 is 15.8 Å². The van der Waals surface area contributed by atoms with Gasteiger partial charge < -0.3 is 9.84 Å². The van der Waals surface area contributed by atoms with Gasteiger partial charge in [0.15, 0.2) is 16.4 Å². The van der Waals surface area contributed by atoms with Crippen molar-refractivity contribution in [3.63, 3.8) is 0 Å². The Bertz CT molecular complexity index is 769. The summed E-state index contributed by atoms with van der Waals surface area (Å²) in [6.07, 6.45) is 2.01. The molecule has 0 heterocycles. The molecule has 1 N–H and O–H groups in total. The standard InChI is InChI=1S/C18H20O5S/c19-18(20)14-23-16-9-6-8-15(13-16)7-4-5-12-24(21,22)17-10-2-1-3-11-17/h1-3,6,8-11,13H,4-5,7,12,14H2,(H,19,20). The van der Waals surface area contributed by atoms with Crippen molar-refractivity contribution in [2.75, 3.05) is 12.4 Å². The van der Waals surface area contributed by atoms with Crippen LogP contribution in [0.15, 0.2) is 59.5 Å². The van der Waals surface area contributed by atoms with Gasteiger partial charge in [0.25, 0.3) is 0 Å². The lowest BCUT2D eigenvalue weighted by Crippen LogP contribution is -2.09. The van der Waals surface area contributed by atoms with Crippen LogP contribution in [0.5, 0.6) is 5.75 Å². The zero-order chi connectivity index (χ0) is 17.4. The van der Waals surface area contributed by atoms with Crippen molar-refractivity contribution in [2.45, 2.75) is 24.2 Å². The predicted octanol–water partition coefficient (Wildman–Crippen LogP) is 2.95. The van der Waals surface area contributed by atoms with Crippen LogP contribution < -0.4 is 4.74 Å². The molecule has 0 atom stereocenters. The van der Waals surface area contributed by atoms with Gasteiger partial charge in [0.05, 0.1) is 10.6 Å². The van der Waals surface area contributed by atoms with Gasteiger partial charge in [-0.15, -0.1) is 0 Å². The molecule has 0 spiro atoms. The maximum Gasteiger partial charge on any atom is 0.341 e. The van der Waals surface area contributed by atoms with Crippen LogP contribution in [0.2, 0.25) is 0 Å². The molecular weight excluding hydrogens is 328 g/mol. The molecule has 0 aliphatic heterocycles. The van der Waals surface area contributed by atoms with E-state index in [-0.39, 0.29) is 12.4 Å². The number of carbonyl (C=O) groups is 1. The minimum atomic E-state index is -3.23. The summed E-state index contributed by atoms with van der Waals surface area (Å²) in [5, 5.41) is 8.61. The number of rotatable bonds is 9. The monoisotopic (exact) mass is 348 g/mol. The lowest BCUT2D eigenvalue weighted by Gasteiger charge is -2.07. The minimum absolute atomic E-state index is 0.117. The summed E-state index contributed by atoms with van der Waals surface area (Å²) in [6.45, 7) is -0.376.